The van der Waals surface area contributed by atoms with Gasteiger partial charge >= 0.3 is 0 Å². The molecule has 1 heteroatoms. The van der Waals surface area contributed by atoms with Crippen LogP contribution in [0.15, 0.2) is 11.5 Å². The van der Waals surface area contributed by atoms with Gasteiger partial charge in [0.1, 0.15) is 0 Å². The largest absolute Gasteiger partial charge is 0.152 e. The molecule has 0 fully saturated rings. The molecule has 0 aliphatic heterocycles. The molecule has 0 amide bonds. The SMILES string of the molecule is CC(C)C(C)C/C=C/S. The fraction of sp³-hybridized carbons (Fsp3) is 0.750. The summed E-state index contributed by atoms with van der Waals surface area (Å²) >= 11 is 3.98. The first-order valence-electron chi connectivity index (χ1n) is 3.47. The zero-order valence-electron chi connectivity index (χ0n) is 6.46. The van der Waals surface area contributed by atoms with E-state index in [1.165, 1.54) is 0 Å². The molecule has 1 unspecified atom stereocenters. The second-order valence-corrected chi connectivity index (χ2v) is 3.14. The summed E-state index contributed by atoms with van der Waals surface area (Å²) in [7, 11) is 0. The molecular weight excluding hydrogens is 128 g/mol. The molecule has 0 spiro atoms. The monoisotopic (exact) mass is 144 g/mol. The van der Waals surface area contributed by atoms with Gasteiger partial charge in [0.2, 0.25) is 0 Å². The Morgan fingerprint density at radius 2 is 1.89 bits per heavy atom. The Balaban J connectivity index is 3.38. The van der Waals surface area contributed by atoms with Crippen molar-refractivity contribution in [2.75, 3.05) is 0 Å². The van der Waals surface area contributed by atoms with Crippen LogP contribution in [0.25, 0.3) is 0 Å². The van der Waals surface area contributed by atoms with E-state index in [4.69, 9.17) is 0 Å². The quantitative estimate of drug-likeness (QED) is 0.578. The van der Waals surface area contributed by atoms with E-state index in [1.807, 2.05) is 5.41 Å². The van der Waals surface area contributed by atoms with Gasteiger partial charge in [0.05, 0.1) is 0 Å². The molecule has 0 N–H and O–H groups in total. The van der Waals surface area contributed by atoms with Crippen molar-refractivity contribution in [3.8, 4) is 0 Å². The van der Waals surface area contributed by atoms with E-state index in [-0.39, 0.29) is 0 Å². The van der Waals surface area contributed by atoms with Crippen LogP contribution in [0.2, 0.25) is 0 Å². The molecule has 0 bridgehead atoms. The molecule has 0 saturated carbocycles. The maximum absolute atomic E-state index is 3.98. The highest BCUT2D eigenvalue weighted by Gasteiger charge is 2.02. The van der Waals surface area contributed by atoms with E-state index in [9.17, 15) is 0 Å². The van der Waals surface area contributed by atoms with Gasteiger partial charge in [-0.2, -0.15) is 12.6 Å². The number of hydrogen-bond acceptors (Lipinski definition) is 1. The number of allylic oxidation sites excluding steroid dienone is 1. The van der Waals surface area contributed by atoms with Crippen LogP contribution in [-0.2, 0) is 0 Å². The van der Waals surface area contributed by atoms with E-state index in [0.29, 0.717) is 0 Å². The molecule has 9 heavy (non-hydrogen) atoms. The molecule has 0 aromatic heterocycles. The van der Waals surface area contributed by atoms with Gasteiger partial charge in [0.15, 0.2) is 0 Å². The van der Waals surface area contributed by atoms with Crippen LogP contribution < -0.4 is 0 Å². The molecule has 0 aliphatic rings. The Bertz CT molecular complexity index is 84.6. The first-order chi connectivity index (χ1) is 4.18. The third kappa shape index (κ3) is 4.58. The summed E-state index contributed by atoms with van der Waals surface area (Å²) in [6, 6.07) is 0. The predicted octanol–water partition coefficient (Wildman–Crippen LogP) is 3.11. The second-order valence-electron chi connectivity index (χ2n) is 2.84. The van der Waals surface area contributed by atoms with E-state index >= 15 is 0 Å². The average Bonchev–Trinajstić information content (AvgIpc) is 1.82. The molecule has 0 rings (SSSR count). The lowest BCUT2D eigenvalue weighted by atomic mass is 9.95. The van der Waals surface area contributed by atoms with Gasteiger partial charge in [-0.3, -0.25) is 0 Å². The van der Waals surface area contributed by atoms with Gasteiger partial charge in [-0.1, -0.05) is 26.8 Å². The lowest BCUT2D eigenvalue weighted by Crippen LogP contribution is -2.01. The van der Waals surface area contributed by atoms with Crippen molar-refractivity contribution in [3.63, 3.8) is 0 Å². The van der Waals surface area contributed by atoms with Crippen molar-refractivity contribution in [2.24, 2.45) is 11.8 Å². The lowest BCUT2D eigenvalue weighted by Gasteiger charge is -2.11. The normalized spacial score (nSPS) is 15.2. The third-order valence-electron chi connectivity index (χ3n) is 1.75. The van der Waals surface area contributed by atoms with E-state index in [2.05, 4.69) is 39.5 Å². The maximum atomic E-state index is 3.98. The Hall–Kier alpha value is 0.0900. The minimum absolute atomic E-state index is 0.786. The highest BCUT2D eigenvalue weighted by Crippen LogP contribution is 2.13. The van der Waals surface area contributed by atoms with Crippen molar-refractivity contribution in [3.05, 3.63) is 11.5 Å². The highest BCUT2D eigenvalue weighted by molar-refractivity contribution is 7.83. The molecule has 0 aromatic rings. The summed E-state index contributed by atoms with van der Waals surface area (Å²) in [5.74, 6) is 1.57. The van der Waals surface area contributed by atoms with Gasteiger partial charge < -0.3 is 0 Å². The zero-order valence-corrected chi connectivity index (χ0v) is 7.36. The zero-order chi connectivity index (χ0) is 7.28. The van der Waals surface area contributed by atoms with Gasteiger partial charge in [0.25, 0.3) is 0 Å². The second kappa shape index (κ2) is 4.92. The molecule has 0 aromatic carbocycles. The standard InChI is InChI=1S/C8H16S/c1-7(2)8(3)5-4-6-9/h4,6-9H,5H2,1-3H3/b6-4+. The first-order valence-corrected chi connectivity index (χ1v) is 3.99. The van der Waals surface area contributed by atoms with E-state index in [0.717, 1.165) is 18.3 Å². The van der Waals surface area contributed by atoms with Gasteiger partial charge in [-0.05, 0) is 23.7 Å². The molecule has 0 nitrogen and oxygen atoms in total. The summed E-state index contributed by atoms with van der Waals surface area (Å²) in [6.07, 6.45) is 3.26. The van der Waals surface area contributed by atoms with Crippen LogP contribution in [0.1, 0.15) is 27.2 Å². The average molecular weight is 144 g/mol. The summed E-state index contributed by atoms with van der Waals surface area (Å²) in [6.45, 7) is 6.76. The smallest absolute Gasteiger partial charge is 0.0314 e. The van der Waals surface area contributed by atoms with Crippen molar-refractivity contribution in [2.45, 2.75) is 27.2 Å². The number of rotatable bonds is 3. The van der Waals surface area contributed by atoms with Gasteiger partial charge in [0, 0.05) is 0 Å². The third-order valence-corrected chi connectivity index (χ3v) is 1.96. The number of thiol groups is 1. The summed E-state index contributed by atoms with van der Waals surface area (Å²) in [5.41, 5.74) is 0. The van der Waals surface area contributed by atoms with Crippen LogP contribution in [-0.4, -0.2) is 0 Å². The van der Waals surface area contributed by atoms with E-state index in [1.54, 1.807) is 0 Å². The van der Waals surface area contributed by atoms with Crippen molar-refractivity contribution >= 4 is 12.6 Å². The Kier molecular flexibility index (Phi) is 4.97. The Morgan fingerprint density at radius 3 is 2.22 bits per heavy atom. The fourth-order valence-electron chi connectivity index (χ4n) is 0.548. The van der Waals surface area contributed by atoms with Gasteiger partial charge in [-0.25, -0.2) is 0 Å². The van der Waals surface area contributed by atoms with Crippen LogP contribution in [0, 0.1) is 11.8 Å². The minimum Gasteiger partial charge on any atom is -0.152 e. The number of hydrogen-bond donors (Lipinski definition) is 1. The fourth-order valence-corrected chi connectivity index (χ4v) is 0.669. The first kappa shape index (κ1) is 9.09. The van der Waals surface area contributed by atoms with Gasteiger partial charge in [-0.15, -0.1) is 0 Å². The Morgan fingerprint density at radius 1 is 1.33 bits per heavy atom. The van der Waals surface area contributed by atoms with Crippen molar-refractivity contribution in [1.29, 1.82) is 0 Å². The lowest BCUT2D eigenvalue weighted by molar-refractivity contribution is 0.424. The molecule has 0 saturated heterocycles. The Labute approximate surface area is 63.8 Å². The summed E-state index contributed by atoms with van der Waals surface area (Å²) < 4.78 is 0. The molecule has 54 valence electrons. The van der Waals surface area contributed by atoms with Crippen LogP contribution in [0.5, 0.6) is 0 Å². The molecule has 1 atom stereocenters. The molecule has 0 radical (unpaired) electrons. The highest BCUT2D eigenvalue weighted by atomic mass is 32.1. The minimum atomic E-state index is 0.786. The molecule has 0 aliphatic carbocycles. The van der Waals surface area contributed by atoms with Crippen LogP contribution in [0.4, 0.5) is 0 Å². The summed E-state index contributed by atoms with van der Waals surface area (Å²) in [5, 5.41) is 1.82. The van der Waals surface area contributed by atoms with Crippen molar-refractivity contribution < 1.29 is 0 Å². The molecule has 0 heterocycles. The summed E-state index contributed by atoms with van der Waals surface area (Å²) in [4.78, 5) is 0. The van der Waals surface area contributed by atoms with E-state index < -0.39 is 0 Å². The van der Waals surface area contributed by atoms with Crippen LogP contribution in [0.3, 0.4) is 0 Å². The van der Waals surface area contributed by atoms with Crippen LogP contribution >= 0.6 is 12.6 Å². The van der Waals surface area contributed by atoms with Crippen molar-refractivity contribution in [1.82, 2.24) is 0 Å². The topological polar surface area (TPSA) is 0 Å². The maximum Gasteiger partial charge on any atom is -0.0314 e. The predicted molar refractivity (Wildman–Crippen MR) is 46.7 cm³/mol. The molecular formula is C8H16S.